The lowest BCUT2D eigenvalue weighted by atomic mass is 10.0. The zero-order valence-electron chi connectivity index (χ0n) is 7.52. The van der Waals surface area contributed by atoms with Gasteiger partial charge in [0.25, 0.3) is 0 Å². The summed E-state index contributed by atoms with van der Waals surface area (Å²) in [4.78, 5) is 10.7. The highest BCUT2D eigenvalue weighted by Gasteiger charge is 2.19. The van der Waals surface area contributed by atoms with E-state index in [4.69, 9.17) is 4.74 Å². The Morgan fingerprint density at radius 1 is 1.64 bits per heavy atom. The number of ketones is 1. The number of carbonyl (C=O) groups is 1. The zero-order valence-corrected chi connectivity index (χ0v) is 7.52. The van der Waals surface area contributed by atoms with Crippen molar-refractivity contribution in [2.45, 2.75) is 32.8 Å². The lowest BCUT2D eigenvalue weighted by molar-refractivity contribution is -0.122. The lowest BCUT2D eigenvalue weighted by Crippen LogP contribution is -2.27. The van der Waals surface area contributed by atoms with Crippen molar-refractivity contribution < 1.29 is 9.53 Å². The van der Waals surface area contributed by atoms with Gasteiger partial charge >= 0.3 is 0 Å². The fraction of sp³-hybridized carbons (Fsp3) is 0.667. The highest BCUT2D eigenvalue weighted by molar-refractivity contribution is 5.76. The maximum atomic E-state index is 10.7. The van der Waals surface area contributed by atoms with Gasteiger partial charge in [0.2, 0.25) is 0 Å². The van der Waals surface area contributed by atoms with E-state index in [1.807, 2.05) is 13.8 Å². The van der Waals surface area contributed by atoms with Crippen LogP contribution < -0.4 is 0 Å². The van der Waals surface area contributed by atoms with Crippen molar-refractivity contribution in [1.82, 2.24) is 0 Å². The molecule has 2 nitrogen and oxygen atoms in total. The van der Waals surface area contributed by atoms with Gasteiger partial charge in [-0.3, -0.25) is 4.79 Å². The second-order valence-electron chi connectivity index (χ2n) is 3.24. The number of carbonyl (C=O) groups excluding carboxylic acids is 1. The summed E-state index contributed by atoms with van der Waals surface area (Å²) in [6.07, 6.45) is 2.14. The van der Waals surface area contributed by atoms with E-state index in [0.717, 1.165) is 0 Å². The van der Waals surface area contributed by atoms with Gasteiger partial charge < -0.3 is 4.74 Å². The van der Waals surface area contributed by atoms with Crippen molar-refractivity contribution in [2.24, 2.45) is 0 Å². The molecule has 64 valence electrons. The van der Waals surface area contributed by atoms with Crippen molar-refractivity contribution in [3.63, 3.8) is 0 Å². The predicted molar refractivity (Wildman–Crippen MR) is 45.5 cm³/mol. The van der Waals surface area contributed by atoms with Crippen LogP contribution in [0.1, 0.15) is 27.2 Å². The van der Waals surface area contributed by atoms with Gasteiger partial charge in [0, 0.05) is 6.42 Å². The third-order valence-electron chi connectivity index (χ3n) is 1.27. The molecule has 0 radical (unpaired) electrons. The first-order valence-electron chi connectivity index (χ1n) is 3.72. The normalized spacial score (nSPS) is 11.2. The van der Waals surface area contributed by atoms with Gasteiger partial charge in [-0.15, -0.1) is 6.58 Å². The Hall–Kier alpha value is -0.630. The van der Waals surface area contributed by atoms with Crippen LogP contribution in [0.4, 0.5) is 0 Å². The average Bonchev–Trinajstić information content (AvgIpc) is 1.81. The molecule has 2 heteroatoms. The maximum absolute atomic E-state index is 10.7. The number of Topliss-reactive ketones (excluding diaryl/α,β-unsaturated/α-hetero) is 1. The number of hydrogen-bond donors (Lipinski definition) is 0. The van der Waals surface area contributed by atoms with E-state index in [-0.39, 0.29) is 11.4 Å². The molecule has 0 amide bonds. The minimum Gasteiger partial charge on any atom is -0.371 e. The van der Waals surface area contributed by atoms with Gasteiger partial charge in [0.1, 0.15) is 5.78 Å². The molecule has 0 saturated heterocycles. The molecule has 0 aliphatic carbocycles. The van der Waals surface area contributed by atoms with Crippen LogP contribution in [0.2, 0.25) is 0 Å². The van der Waals surface area contributed by atoms with Gasteiger partial charge in [-0.1, -0.05) is 6.08 Å². The number of ether oxygens (including phenoxy) is 1. The summed E-state index contributed by atoms with van der Waals surface area (Å²) in [6.45, 7) is 9.40. The molecule has 0 atom stereocenters. The van der Waals surface area contributed by atoms with Gasteiger partial charge in [0.05, 0.1) is 12.2 Å². The summed E-state index contributed by atoms with van der Waals surface area (Å²) >= 11 is 0. The van der Waals surface area contributed by atoms with Gasteiger partial charge in [-0.25, -0.2) is 0 Å². The van der Waals surface area contributed by atoms with Crippen molar-refractivity contribution in [2.75, 3.05) is 6.61 Å². The molecule has 0 fully saturated rings. The zero-order chi connectivity index (χ0) is 8.91. The van der Waals surface area contributed by atoms with Crippen LogP contribution in [0.5, 0.6) is 0 Å². The van der Waals surface area contributed by atoms with E-state index in [2.05, 4.69) is 6.58 Å². The Kier molecular flexibility index (Phi) is 4.04. The molecular formula is C9H16O2. The molecule has 0 heterocycles. The van der Waals surface area contributed by atoms with Crippen LogP contribution in [0.3, 0.4) is 0 Å². The fourth-order valence-corrected chi connectivity index (χ4v) is 0.935. The quantitative estimate of drug-likeness (QED) is 0.569. The molecule has 0 aromatic rings. The summed E-state index contributed by atoms with van der Waals surface area (Å²) in [5, 5.41) is 0. The third kappa shape index (κ3) is 5.80. The summed E-state index contributed by atoms with van der Waals surface area (Å²) in [5.41, 5.74) is -0.347. The molecule has 0 rings (SSSR count). The lowest BCUT2D eigenvalue weighted by Gasteiger charge is -2.22. The maximum Gasteiger partial charge on any atom is 0.132 e. The monoisotopic (exact) mass is 156 g/mol. The van der Waals surface area contributed by atoms with Crippen molar-refractivity contribution in [3.8, 4) is 0 Å². The first kappa shape index (κ1) is 10.4. The second kappa shape index (κ2) is 4.29. The Bertz CT molecular complexity index is 148. The molecule has 0 unspecified atom stereocenters. The molecule has 0 aromatic carbocycles. The van der Waals surface area contributed by atoms with Crippen LogP contribution >= 0.6 is 0 Å². The number of hydrogen-bond acceptors (Lipinski definition) is 2. The van der Waals surface area contributed by atoms with E-state index in [0.29, 0.717) is 13.0 Å². The molecule has 0 bridgehead atoms. The minimum atomic E-state index is -0.347. The molecule has 0 aliphatic heterocycles. The van der Waals surface area contributed by atoms with Crippen molar-refractivity contribution in [1.29, 1.82) is 0 Å². The van der Waals surface area contributed by atoms with Gasteiger partial charge in [-0.2, -0.15) is 0 Å². The van der Waals surface area contributed by atoms with E-state index in [9.17, 15) is 4.79 Å². The summed E-state index contributed by atoms with van der Waals surface area (Å²) in [7, 11) is 0. The highest BCUT2D eigenvalue weighted by Crippen LogP contribution is 2.14. The Morgan fingerprint density at radius 2 is 2.18 bits per heavy atom. The molecular weight excluding hydrogens is 140 g/mol. The molecule has 0 saturated carbocycles. The first-order valence-corrected chi connectivity index (χ1v) is 3.72. The number of rotatable bonds is 5. The van der Waals surface area contributed by atoms with Crippen LogP contribution in [-0.2, 0) is 9.53 Å². The van der Waals surface area contributed by atoms with E-state index >= 15 is 0 Å². The Labute approximate surface area is 68.2 Å². The van der Waals surface area contributed by atoms with E-state index in [1.165, 1.54) is 0 Å². The summed E-state index contributed by atoms with van der Waals surface area (Å²) in [6, 6.07) is 0. The predicted octanol–water partition coefficient (Wildman–Crippen LogP) is 1.95. The Balaban J connectivity index is 3.78. The summed E-state index contributed by atoms with van der Waals surface area (Å²) in [5.74, 6) is 0.152. The molecule has 11 heavy (non-hydrogen) atoms. The fourth-order valence-electron chi connectivity index (χ4n) is 0.935. The smallest absolute Gasteiger partial charge is 0.132 e. The largest absolute Gasteiger partial charge is 0.371 e. The Morgan fingerprint density at radius 3 is 2.55 bits per heavy atom. The van der Waals surface area contributed by atoms with Gasteiger partial charge in [-0.05, 0) is 20.8 Å². The summed E-state index contributed by atoms with van der Waals surface area (Å²) < 4.78 is 5.35. The van der Waals surface area contributed by atoms with Crippen LogP contribution in [0.25, 0.3) is 0 Å². The van der Waals surface area contributed by atoms with Gasteiger partial charge in [0.15, 0.2) is 0 Å². The van der Waals surface area contributed by atoms with E-state index < -0.39 is 0 Å². The SMILES string of the molecule is C=CCOC(C)(C)CC(C)=O. The molecule has 0 spiro atoms. The first-order chi connectivity index (χ1) is 4.98. The van der Waals surface area contributed by atoms with E-state index in [1.54, 1.807) is 13.0 Å². The third-order valence-corrected chi connectivity index (χ3v) is 1.27. The van der Waals surface area contributed by atoms with Crippen molar-refractivity contribution >= 4 is 5.78 Å². The molecule has 0 aliphatic rings. The molecule has 0 N–H and O–H groups in total. The standard InChI is InChI=1S/C9H16O2/c1-5-6-11-9(3,4)7-8(2)10/h5H,1,6-7H2,2-4H3. The highest BCUT2D eigenvalue weighted by atomic mass is 16.5. The van der Waals surface area contributed by atoms with Crippen LogP contribution in [-0.4, -0.2) is 18.0 Å². The van der Waals surface area contributed by atoms with Crippen LogP contribution in [0, 0.1) is 0 Å². The second-order valence-corrected chi connectivity index (χ2v) is 3.24. The average molecular weight is 156 g/mol. The van der Waals surface area contributed by atoms with Crippen LogP contribution in [0.15, 0.2) is 12.7 Å². The minimum absolute atomic E-state index is 0.152. The topological polar surface area (TPSA) is 26.3 Å². The molecule has 0 aromatic heterocycles. The van der Waals surface area contributed by atoms with Crippen molar-refractivity contribution in [3.05, 3.63) is 12.7 Å².